The zero-order valence-corrected chi connectivity index (χ0v) is 7.58. The summed E-state index contributed by atoms with van der Waals surface area (Å²) in [6.45, 7) is 4.47. The Morgan fingerprint density at radius 2 is 2.00 bits per heavy atom. The first-order chi connectivity index (χ1) is 3.31. The molecular formula is C6H12Zr+2. The van der Waals surface area contributed by atoms with Crippen molar-refractivity contribution in [2.45, 2.75) is 33.1 Å². The molecule has 0 nitrogen and oxygen atoms in total. The molecule has 1 heteroatoms. The van der Waals surface area contributed by atoms with E-state index in [2.05, 4.69) is 13.8 Å². The van der Waals surface area contributed by atoms with Gasteiger partial charge in [0.1, 0.15) is 0 Å². The van der Waals surface area contributed by atoms with E-state index in [1.807, 2.05) is 0 Å². The van der Waals surface area contributed by atoms with Gasteiger partial charge in [-0.05, 0) is 0 Å². The van der Waals surface area contributed by atoms with Crippen LogP contribution in [0.15, 0.2) is 0 Å². The summed E-state index contributed by atoms with van der Waals surface area (Å²) in [5, 5.41) is 0. The molecule has 0 radical (unpaired) electrons. The maximum atomic E-state index is 2.24. The third kappa shape index (κ3) is 4.61. The molecule has 0 amide bonds. The van der Waals surface area contributed by atoms with Gasteiger partial charge in [-0.3, -0.25) is 0 Å². The van der Waals surface area contributed by atoms with Crippen LogP contribution in [0.25, 0.3) is 0 Å². The van der Waals surface area contributed by atoms with Crippen LogP contribution >= 0.6 is 0 Å². The Morgan fingerprint density at radius 1 is 1.43 bits per heavy atom. The van der Waals surface area contributed by atoms with Gasteiger partial charge in [-0.15, -0.1) is 0 Å². The summed E-state index contributed by atoms with van der Waals surface area (Å²) in [5.74, 6) is 0. The SMILES string of the molecule is CCC[C](=[Zr+2])CC. The molecule has 0 aliphatic heterocycles. The molecule has 0 aliphatic carbocycles. The van der Waals surface area contributed by atoms with Gasteiger partial charge in [-0.25, -0.2) is 0 Å². The van der Waals surface area contributed by atoms with Crippen molar-refractivity contribution in [2.24, 2.45) is 0 Å². The van der Waals surface area contributed by atoms with Gasteiger partial charge in [0.2, 0.25) is 0 Å². The summed E-state index contributed by atoms with van der Waals surface area (Å²) in [6.07, 6.45) is 3.98. The van der Waals surface area contributed by atoms with Crippen molar-refractivity contribution in [3.05, 3.63) is 0 Å². The van der Waals surface area contributed by atoms with Crippen LogP contribution in [-0.2, 0) is 24.2 Å². The van der Waals surface area contributed by atoms with E-state index in [4.69, 9.17) is 0 Å². The van der Waals surface area contributed by atoms with Crippen LogP contribution < -0.4 is 0 Å². The van der Waals surface area contributed by atoms with E-state index in [1.165, 1.54) is 19.3 Å². The fourth-order valence-electron chi connectivity index (χ4n) is 0.479. The van der Waals surface area contributed by atoms with Gasteiger partial charge >= 0.3 is 60.6 Å². The Kier molecular flexibility index (Phi) is 5.43. The van der Waals surface area contributed by atoms with Gasteiger partial charge in [-0.1, -0.05) is 0 Å². The molecule has 0 bridgehead atoms. The van der Waals surface area contributed by atoms with Crippen molar-refractivity contribution >= 4 is 3.21 Å². The fraction of sp³-hybridized carbons (Fsp3) is 0.833. The van der Waals surface area contributed by atoms with Gasteiger partial charge in [0.15, 0.2) is 0 Å². The third-order valence-corrected chi connectivity index (χ3v) is 2.46. The predicted molar refractivity (Wildman–Crippen MR) is 30.2 cm³/mol. The van der Waals surface area contributed by atoms with Crippen LogP contribution in [0, 0.1) is 0 Å². The van der Waals surface area contributed by atoms with Crippen LogP contribution in [0.3, 0.4) is 0 Å². The van der Waals surface area contributed by atoms with Crippen LogP contribution in [0.4, 0.5) is 0 Å². The van der Waals surface area contributed by atoms with E-state index in [0.29, 0.717) is 0 Å². The molecule has 0 saturated heterocycles. The van der Waals surface area contributed by atoms with E-state index >= 15 is 0 Å². The number of hydrogen-bond donors (Lipinski definition) is 0. The zero-order chi connectivity index (χ0) is 5.70. The molecule has 0 unspecified atom stereocenters. The molecule has 0 aromatic heterocycles. The van der Waals surface area contributed by atoms with E-state index in [1.54, 1.807) is 27.4 Å². The molecule has 0 fully saturated rings. The molecule has 0 saturated carbocycles. The maximum absolute atomic E-state index is 2.24. The van der Waals surface area contributed by atoms with Crippen LogP contribution in [-0.4, -0.2) is 3.21 Å². The number of hydrogen-bond acceptors (Lipinski definition) is 0. The molecule has 0 aromatic carbocycles. The first-order valence-electron chi connectivity index (χ1n) is 2.87. The normalized spacial score (nSPS) is 9.14. The van der Waals surface area contributed by atoms with E-state index in [0.717, 1.165) is 0 Å². The average molecular weight is 175 g/mol. The summed E-state index contributed by atoms with van der Waals surface area (Å²) in [6, 6.07) is 0. The fourth-order valence-corrected chi connectivity index (χ4v) is 1.09. The predicted octanol–water partition coefficient (Wildman–Crippen LogP) is 1.92. The first kappa shape index (κ1) is 7.75. The quantitative estimate of drug-likeness (QED) is 0.615. The minimum absolute atomic E-state index is 1.30. The van der Waals surface area contributed by atoms with Crippen molar-refractivity contribution in [2.75, 3.05) is 0 Å². The molecule has 0 rings (SSSR count). The van der Waals surface area contributed by atoms with Gasteiger partial charge in [0, 0.05) is 0 Å². The summed E-state index contributed by atoms with van der Waals surface area (Å²) in [5.41, 5.74) is 0. The summed E-state index contributed by atoms with van der Waals surface area (Å²) in [7, 11) is 0. The monoisotopic (exact) mass is 174 g/mol. The molecular weight excluding hydrogens is 163 g/mol. The zero-order valence-electron chi connectivity index (χ0n) is 5.12. The average Bonchev–Trinajstić information content (AvgIpc) is 1.68. The van der Waals surface area contributed by atoms with Gasteiger partial charge in [-0.2, -0.15) is 0 Å². The topological polar surface area (TPSA) is 0 Å². The molecule has 7 heavy (non-hydrogen) atoms. The summed E-state index contributed by atoms with van der Waals surface area (Å²) < 4.78 is 1.72. The van der Waals surface area contributed by atoms with E-state index in [9.17, 15) is 0 Å². The van der Waals surface area contributed by atoms with E-state index in [-0.39, 0.29) is 0 Å². The van der Waals surface area contributed by atoms with E-state index < -0.39 is 0 Å². The summed E-state index contributed by atoms with van der Waals surface area (Å²) >= 11 is 1.64. The Morgan fingerprint density at radius 3 is 2.14 bits per heavy atom. The molecule has 0 heterocycles. The van der Waals surface area contributed by atoms with Crippen molar-refractivity contribution < 1.29 is 24.2 Å². The van der Waals surface area contributed by atoms with Gasteiger partial charge in [0.25, 0.3) is 0 Å². The van der Waals surface area contributed by atoms with Gasteiger partial charge < -0.3 is 0 Å². The Hall–Kier alpha value is 0.753. The van der Waals surface area contributed by atoms with Gasteiger partial charge in [0.05, 0.1) is 0 Å². The van der Waals surface area contributed by atoms with Crippen LogP contribution in [0.2, 0.25) is 0 Å². The van der Waals surface area contributed by atoms with Crippen molar-refractivity contribution in [3.63, 3.8) is 0 Å². The molecule has 0 N–H and O–H groups in total. The standard InChI is InChI=1S/C6H12.Zr/c1-3-5-6-4-2;/h3-5H2,1-2H3;/q;+2. The second kappa shape index (κ2) is 4.90. The molecule has 0 atom stereocenters. The molecule has 0 aliphatic rings. The van der Waals surface area contributed by atoms with Crippen LogP contribution in [0.5, 0.6) is 0 Å². The third-order valence-electron chi connectivity index (χ3n) is 0.979. The first-order valence-corrected chi connectivity index (χ1v) is 4.10. The number of rotatable bonds is 3. The summed E-state index contributed by atoms with van der Waals surface area (Å²) in [4.78, 5) is 0. The second-order valence-electron chi connectivity index (χ2n) is 1.71. The Bertz CT molecular complexity index is 57.2. The van der Waals surface area contributed by atoms with Crippen molar-refractivity contribution in [1.82, 2.24) is 0 Å². The minimum atomic E-state index is 1.30. The Labute approximate surface area is 60.6 Å². The molecule has 38 valence electrons. The van der Waals surface area contributed by atoms with Crippen molar-refractivity contribution in [3.8, 4) is 0 Å². The van der Waals surface area contributed by atoms with Crippen molar-refractivity contribution in [1.29, 1.82) is 0 Å². The van der Waals surface area contributed by atoms with Crippen LogP contribution in [0.1, 0.15) is 33.1 Å². The Balaban J connectivity index is 3.00. The molecule has 0 spiro atoms. The molecule has 0 aromatic rings. The second-order valence-corrected chi connectivity index (χ2v) is 3.45.